The molecule has 4 aromatic rings. The van der Waals surface area contributed by atoms with Gasteiger partial charge in [0.15, 0.2) is 0 Å². The lowest BCUT2D eigenvalue weighted by atomic mass is 10.0. The van der Waals surface area contributed by atoms with Crippen molar-refractivity contribution in [1.82, 2.24) is 4.98 Å². The van der Waals surface area contributed by atoms with Crippen LogP contribution in [0.3, 0.4) is 0 Å². The van der Waals surface area contributed by atoms with Gasteiger partial charge in [-0.1, -0.05) is 59.9 Å². The van der Waals surface area contributed by atoms with Crippen molar-refractivity contribution in [2.45, 2.75) is 6.92 Å². The number of thiazole rings is 1. The van der Waals surface area contributed by atoms with Crippen molar-refractivity contribution < 1.29 is 0 Å². The second-order valence-corrected chi connectivity index (χ2v) is 6.39. The summed E-state index contributed by atoms with van der Waals surface area (Å²) in [7, 11) is 0. The van der Waals surface area contributed by atoms with E-state index in [-0.39, 0.29) is 0 Å². The summed E-state index contributed by atoms with van der Waals surface area (Å²) in [5.74, 6) is 0. The van der Waals surface area contributed by atoms with Gasteiger partial charge in [-0.15, -0.1) is 0 Å². The number of anilines is 1. The van der Waals surface area contributed by atoms with Crippen molar-refractivity contribution in [3.63, 3.8) is 0 Å². The van der Waals surface area contributed by atoms with Gasteiger partial charge in [-0.2, -0.15) is 5.10 Å². The van der Waals surface area contributed by atoms with Crippen molar-refractivity contribution in [2.24, 2.45) is 5.10 Å². The summed E-state index contributed by atoms with van der Waals surface area (Å²) in [5, 5.41) is 7.75. The molecule has 0 aliphatic rings. The molecule has 0 bridgehead atoms. The third-order valence-electron chi connectivity index (χ3n) is 3.78. The standard InChI is InChI=1S/C19H15N3S/c1-13(15-11-10-14-6-2-3-7-16(14)12-15)21-22-19-20-17-8-4-5-9-18(17)23-19/h2-12H,1H3,(H,20,22)/b21-13+. The minimum absolute atomic E-state index is 0.811. The van der Waals surface area contributed by atoms with E-state index in [1.54, 1.807) is 11.3 Å². The molecule has 1 N–H and O–H groups in total. The quantitative estimate of drug-likeness (QED) is 0.412. The van der Waals surface area contributed by atoms with Gasteiger partial charge in [0, 0.05) is 0 Å². The average molecular weight is 317 g/mol. The highest BCUT2D eigenvalue weighted by molar-refractivity contribution is 7.22. The fraction of sp³-hybridized carbons (Fsp3) is 0.0526. The number of para-hydroxylation sites is 1. The molecule has 0 amide bonds. The van der Waals surface area contributed by atoms with Gasteiger partial charge in [-0.3, -0.25) is 5.43 Å². The van der Waals surface area contributed by atoms with Crippen LogP contribution in [0.25, 0.3) is 21.0 Å². The lowest BCUT2D eigenvalue weighted by molar-refractivity contribution is 1.29. The molecule has 0 atom stereocenters. The molecule has 0 spiro atoms. The zero-order valence-electron chi connectivity index (χ0n) is 12.7. The van der Waals surface area contributed by atoms with Crippen LogP contribution >= 0.6 is 11.3 Å². The predicted octanol–water partition coefficient (Wildman–Crippen LogP) is 5.29. The summed E-state index contributed by atoms with van der Waals surface area (Å²) in [5.41, 5.74) is 6.12. The van der Waals surface area contributed by atoms with E-state index < -0.39 is 0 Å². The largest absolute Gasteiger partial charge is 0.252 e. The van der Waals surface area contributed by atoms with Gasteiger partial charge in [0.05, 0.1) is 15.9 Å². The Morgan fingerprint density at radius 3 is 2.61 bits per heavy atom. The Morgan fingerprint density at radius 1 is 0.957 bits per heavy atom. The average Bonchev–Trinajstić information content (AvgIpc) is 3.02. The SMILES string of the molecule is C/C(=N\Nc1nc2ccccc2s1)c1ccc2ccccc2c1. The van der Waals surface area contributed by atoms with Crippen molar-refractivity contribution in [2.75, 3.05) is 5.43 Å². The van der Waals surface area contributed by atoms with Crippen LogP contribution in [-0.4, -0.2) is 10.7 Å². The summed E-state index contributed by atoms with van der Waals surface area (Å²) in [6.45, 7) is 2.00. The molecular formula is C19H15N3S. The Hall–Kier alpha value is -2.72. The molecule has 0 fully saturated rings. The Morgan fingerprint density at radius 2 is 1.74 bits per heavy atom. The van der Waals surface area contributed by atoms with E-state index in [9.17, 15) is 0 Å². The Balaban J connectivity index is 1.61. The van der Waals surface area contributed by atoms with Crippen LogP contribution in [0, 0.1) is 0 Å². The van der Waals surface area contributed by atoms with E-state index in [1.807, 2.05) is 25.1 Å². The smallest absolute Gasteiger partial charge is 0.204 e. The molecule has 3 nitrogen and oxygen atoms in total. The minimum atomic E-state index is 0.811. The maximum absolute atomic E-state index is 4.53. The van der Waals surface area contributed by atoms with Gasteiger partial charge in [0.25, 0.3) is 0 Å². The lowest BCUT2D eigenvalue weighted by Crippen LogP contribution is -1.99. The van der Waals surface area contributed by atoms with Crippen molar-refractivity contribution in [1.29, 1.82) is 0 Å². The van der Waals surface area contributed by atoms with E-state index >= 15 is 0 Å². The van der Waals surface area contributed by atoms with Gasteiger partial charge in [0.2, 0.25) is 5.13 Å². The number of hydrazone groups is 1. The molecule has 0 aliphatic heterocycles. The normalized spacial score (nSPS) is 12.0. The van der Waals surface area contributed by atoms with E-state index in [2.05, 4.69) is 64.0 Å². The summed E-state index contributed by atoms with van der Waals surface area (Å²) in [4.78, 5) is 4.53. The number of nitrogens with one attached hydrogen (secondary N) is 1. The first-order valence-corrected chi connectivity index (χ1v) is 8.26. The molecule has 4 heteroatoms. The lowest BCUT2D eigenvalue weighted by Gasteiger charge is -2.03. The zero-order valence-corrected chi connectivity index (χ0v) is 13.5. The maximum Gasteiger partial charge on any atom is 0.204 e. The topological polar surface area (TPSA) is 37.3 Å². The maximum atomic E-state index is 4.53. The highest BCUT2D eigenvalue weighted by Gasteiger charge is 2.03. The zero-order chi connectivity index (χ0) is 15.6. The molecule has 3 aromatic carbocycles. The highest BCUT2D eigenvalue weighted by atomic mass is 32.1. The van der Waals surface area contributed by atoms with E-state index in [0.717, 1.165) is 26.6 Å². The van der Waals surface area contributed by atoms with Gasteiger partial charge in [-0.25, -0.2) is 4.98 Å². The summed E-state index contributed by atoms with van der Waals surface area (Å²) in [6, 6.07) is 22.8. The number of fused-ring (bicyclic) bond motifs is 2. The molecule has 1 heterocycles. The number of aromatic nitrogens is 1. The highest BCUT2D eigenvalue weighted by Crippen LogP contribution is 2.25. The van der Waals surface area contributed by atoms with Crippen LogP contribution in [0.4, 0.5) is 5.13 Å². The number of rotatable bonds is 3. The third kappa shape index (κ3) is 2.81. The number of benzene rings is 3. The molecular weight excluding hydrogens is 302 g/mol. The number of hydrogen-bond donors (Lipinski definition) is 1. The van der Waals surface area contributed by atoms with Crippen molar-refractivity contribution in [3.05, 3.63) is 72.3 Å². The molecule has 0 unspecified atom stereocenters. The summed E-state index contributed by atoms with van der Waals surface area (Å²) in [6.07, 6.45) is 0. The molecule has 0 saturated carbocycles. The molecule has 23 heavy (non-hydrogen) atoms. The van der Waals surface area contributed by atoms with Crippen molar-refractivity contribution in [3.8, 4) is 0 Å². The molecule has 112 valence electrons. The number of hydrogen-bond acceptors (Lipinski definition) is 4. The van der Waals surface area contributed by atoms with Crippen molar-refractivity contribution >= 4 is 43.2 Å². The molecule has 1 aromatic heterocycles. The van der Waals surface area contributed by atoms with Crippen LogP contribution < -0.4 is 5.43 Å². The van der Waals surface area contributed by atoms with Crippen LogP contribution in [-0.2, 0) is 0 Å². The number of nitrogens with zero attached hydrogens (tertiary/aromatic N) is 2. The fourth-order valence-electron chi connectivity index (χ4n) is 2.53. The second kappa shape index (κ2) is 5.82. The van der Waals surface area contributed by atoms with Gasteiger partial charge >= 0.3 is 0 Å². The molecule has 0 aliphatic carbocycles. The van der Waals surface area contributed by atoms with E-state index in [4.69, 9.17) is 0 Å². The van der Waals surface area contributed by atoms with Crippen LogP contribution in [0.15, 0.2) is 71.8 Å². The predicted molar refractivity (Wildman–Crippen MR) is 99.4 cm³/mol. The fourth-order valence-corrected chi connectivity index (χ4v) is 3.34. The van der Waals surface area contributed by atoms with Crippen LogP contribution in [0.1, 0.15) is 12.5 Å². The molecule has 0 saturated heterocycles. The minimum Gasteiger partial charge on any atom is -0.252 e. The first-order valence-electron chi connectivity index (χ1n) is 7.45. The molecule has 0 radical (unpaired) electrons. The second-order valence-electron chi connectivity index (χ2n) is 5.36. The first-order chi connectivity index (χ1) is 11.3. The van der Waals surface area contributed by atoms with Gasteiger partial charge in [0.1, 0.15) is 0 Å². The van der Waals surface area contributed by atoms with E-state index in [0.29, 0.717) is 0 Å². The Labute approximate surface area is 138 Å². The van der Waals surface area contributed by atoms with Gasteiger partial charge < -0.3 is 0 Å². The van der Waals surface area contributed by atoms with Gasteiger partial charge in [-0.05, 0) is 41.5 Å². The van der Waals surface area contributed by atoms with Crippen LogP contribution in [0.2, 0.25) is 0 Å². The Kier molecular flexibility index (Phi) is 3.52. The van der Waals surface area contributed by atoms with E-state index in [1.165, 1.54) is 10.8 Å². The summed E-state index contributed by atoms with van der Waals surface area (Å²) >= 11 is 1.61. The first kappa shape index (κ1) is 13.9. The molecule has 4 rings (SSSR count). The Bertz CT molecular complexity index is 984. The van der Waals surface area contributed by atoms with Crippen LogP contribution in [0.5, 0.6) is 0 Å². The third-order valence-corrected chi connectivity index (χ3v) is 4.72. The summed E-state index contributed by atoms with van der Waals surface area (Å²) < 4.78 is 1.16. The monoisotopic (exact) mass is 317 g/mol.